The van der Waals surface area contributed by atoms with Gasteiger partial charge in [0.25, 0.3) is 5.56 Å². The van der Waals surface area contributed by atoms with Crippen molar-refractivity contribution in [3.05, 3.63) is 40.3 Å². The van der Waals surface area contributed by atoms with E-state index >= 15 is 0 Å². The molecule has 1 aliphatic heterocycles. The molecule has 6 heteroatoms. The topological polar surface area (TPSA) is 88.0 Å². The molecule has 1 aromatic heterocycles. The Morgan fingerprint density at radius 3 is 3.00 bits per heavy atom. The zero-order valence-electron chi connectivity index (χ0n) is 9.14. The Morgan fingerprint density at radius 1 is 1.33 bits per heavy atom. The molecule has 1 N–H and O–H groups in total. The van der Waals surface area contributed by atoms with E-state index in [1.54, 1.807) is 18.2 Å². The van der Waals surface area contributed by atoms with Crippen molar-refractivity contribution in [3.8, 4) is 28.7 Å². The second-order valence-corrected chi connectivity index (χ2v) is 3.67. The first-order valence-electron chi connectivity index (χ1n) is 5.17. The van der Waals surface area contributed by atoms with Crippen LogP contribution in [-0.4, -0.2) is 17.0 Å². The predicted molar refractivity (Wildman–Crippen MR) is 61.1 cm³/mol. The molecule has 0 saturated heterocycles. The minimum Gasteiger partial charge on any atom is -0.454 e. The minimum atomic E-state index is -0.507. The summed E-state index contributed by atoms with van der Waals surface area (Å²) >= 11 is 0. The van der Waals surface area contributed by atoms with E-state index in [2.05, 4.69) is 10.2 Å². The number of H-pyrrole nitrogens is 1. The lowest BCUT2D eigenvalue weighted by atomic mass is 10.0. The summed E-state index contributed by atoms with van der Waals surface area (Å²) in [5, 5.41) is 14.9. The van der Waals surface area contributed by atoms with Crippen LogP contribution in [0, 0.1) is 11.3 Å². The number of nitrogens with one attached hydrogen (secondary N) is 1. The van der Waals surface area contributed by atoms with Crippen molar-refractivity contribution in [3.63, 3.8) is 0 Å². The zero-order valence-corrected chi connectivity index (χ0v) is 9.14. The third-order valence-corrected chi connectivity index (χ3v) is 2.65. The number of nitrogens with zero attached hydrogens (tertiary/aromatic N) is 2. The van der Waals surface area contributed by atoms with Crippen molar-refractivity contribution in [2.24, 2.45) is 0 Å². The van der Waals surface area contributed by atoms with Crippen LogP contribution in [0.4, 0.5) is 0 Å². The second kappa shape index (κ2) is 3.89. The quantitative estimate of drug-likeness (QED) is 0.805. The number of nitriles is 1. The average Bonchev–Trinajstić information content (AvgIpc) is 2.85. The lowest BCUT2D eigenvalue weighted by Gasteiger charge is -2.03. The van der Waals surface area contributed by atoms with E-state index in [9.17, 15) is 4.79 Å². The van der Waals surface area contributed by atoms with Crippen LogP contribution in [0.15, 0.2) is 29.2 Å². The van der Waals surface area contributed by atoms with E-state index in [1.807, 2.05) is 6.07 Å². The highest BCUT2D eigenvalue weighted by Gasteiger charge is 2.16. The molecule has 0 spiro atoms. The van der Waals surface area contributed by atoms with Gasteiger partial charge in [-0.05, 0) is 17.7 Å². The Bertz CT molecular complexity index is 715. The summed E-state index contributed by atoms with van der Waals surface area (Å²) in [5.74, 6) is 1.24. The second-order valence-electron chi connectivity index (χ2n) is 3.67. The van der Waals surface area contributed by atoms with E-state index in [0.717, 1.165) is 0 Å². The minimum absolute atomic E-state index is 0.0314. The maximum Gasteiger partial charge on any atom is 0.282 e. The van der Waals surface area contributed by atoms with Gasteiger partial charge >= 0.3 is 0 Å². The van der Waals surface area contributed by atoms with Crippen molar-refractivity contribution in [1.29, 1.82) is 5.26 Å². The molecule has 1 aromatic carbocycles. The Hall–Kier alpha value is -2.81. The lowest BCUT2D eigenvalue weighted by molar-refractivity contribution is 0.174. The largest absolute Gasteiger partial charge is 0.454 e. The number of rotatable bonds is 1. The van der Waals surface area contributed by atoms with Crippen LogP contribution >= 0.6 is 0 Å². The van der Waals surface area contributed by atoms with Crippen LogP contribution in [0.2, 0.25) is 0 Å². The monoisotopic (exact) mass is 241 g/mol. The van der Waals surface area contributed by atoms with Crippen LogP contribution in [0.3, 0.4) is 0 Å². The van der Waals surface area contributed by atoms with E-state index in [4.69, 9.17) is 14.7 Å². The van der Waals surface area contributed by atoms with Gasteiger partial charge in [0.1, 0.15) is 11.6 Å². The van der Waals surface area contributed by atoms with Gasteiger partial charge in [-0.25, -0.2) is 5.10 Å². The van der Waals surface area contributed by atoms with Crippen LogP contribution in [-0.2, 0) is 0 Å². The van der Waals surface area contributed by atoms with Crippen molar-refractivity contribution in [2.75, 3.05) is 6.79 Å². The summed E-state index contributed by atoms with van der Waals surface area (Å²) in [6.45, 7) is 0.178. The van der Waals surface area contributed by atoms with Gasteiger partial charge in [-0.3, -0.25) is 4.79 Å². The van der Waals surface area contributed by atoms with Crippen molar-refractivity contribution in [2.45, 2.75) is 0 Å². The summed E-state index contributed by atoms with van der Waals surface area (Å²) in [6.07, 6.45) is 1.44. The smallest absolute Gasteiger partial charge is 0.282 e. The molecule has 0 atom stereocenters. The summed E-state index contributed by atoms with van der Waals surface area (Å²) in [7, 11) is 0. The van der Waals surface area contributed by atoms with E-state index in [0.29, 0.717) is 22.6 Å². The number of benzene rings is 1. The highest BCUT2D eigenvalue weighted by molar-refractivity contribution is 5.71. The van der Waals surface area contributed by atoms with Crippen molar-refractivity contribution in [1.82, 2.24) is 10.2 Å². The molecule has 0 radical (unpaired) electrons. The molecule has 2 heterocycles. The van der Waals surface area contributed by atoms with Gasteiger partial charge < -0.3 is 9.47 Å². The lowest BCUT2D eigenvalue weighted by Crippen LogP contribution is -2.12. The molecule has 0 saturated carbocycles. The molecule has 18 heavy (non-hydrogen) atoms. The summed E-state index contributed by atoms with van der Waals surface area (Å²) in [4.78, 5) is 11.5. The fourth-order valence-electron chi connectivity index (χ4n) is 1.79. The average molecular weight is 241 g/mol. The van der Waals surface area contributed by atoms with Gasteiger partial charge in [0, 0.05) is 5.56 Å². The molecule has 0 bridgehead atoms. The van der Waals surface area contributed by atoms with E-state index < -0.39 is 5.56 Å². The van der Waals surface area contributed by atoms with Gasteiger partial charge in [-0.1, -0.05) is 6.07 Å². The summed E-state index contributed by atoms with van der Waals surface area (Å²) < 4.78 is 10.5. The molecule has 88 valence electrons. The fourth-order valence-corrected chi connectivity index (χ4v) is 1.79. The number of aromatic nitrogens is 2. The standard InChI is InChI=1S/C12H7N3O3/c13-4-8-9(5-14-15-12(8)16)7-1-2-10-11(3-7)18-6-17-10/h1-3,5H,6H2,(H,15,16). The van der Waals surface area contributed by atoms with Gasteiger partial charge in [-0.15, -0.1) is 0 Å². The number of ether oxygens (including phenoxy) is 2. The number of fused-ring (bicyclic) bond motifs is 1. The summed E-state index contributed by atoms with van der Waals surface area (Å²) in [5.41, 5.74) is 0.686. The molecule has 0 aliphatic carbocycles. The molecular weight excluding hydrogens is 234 g/mol. The Kier molecular flexibility index (Phi) is 2.24. The number of hydrogen-bond acceptors (Lipinski definition) is 5. The van der Waals surface area contributed by atoms with E-state index in [-0.39, 0.29) is 12.4 Å². The molecule has 0 unspecified atom stereocenters. The highest BCUT2D eigenvalue weighted by Crippen LogP contribution is 2.35. The van der Waals surface area contributed by atoms with Crippen molar-refractivity contribution >= 4 is 0 Å². The maximum absolute atomic E-state index is 11.5. The third-order valence-electron chi connectivity index (χ3n) is 2.65. The molecule has 6 nitrogen and oxygen atoms in total. The van der Waals surface area contributed by atoms with E-state index in [1.165, 1.54) is 6.20 Å². The molecular formula is C12H7N3O3. The first-order valence-corrected chi connectivity index (χ1v) is 5.17. The van der Waals surface area contributed by atoms with Crippen LogP contribution < -0.4 is 15.0 Å². The first-order chi connectivity index (χ1) is 8.79. The van der Waals surface area contributed by atoms with Crippen LogP contribution in [0.25, 0.3) is 11.1 Å². The number of hydrogen-bond donors (Lipinski definition) is 1. The predicted octanol–water partition coefficient (Wildman–Crippen LogP) is 1.04. The molecule has 1 aliphatic rings. The van der Waals surface area contributed by atoms with Crippen molar-refractivity contribution < 1.29 is 9.47 Å². The van der Waals surface area contributed by atoms with Crippen LogP contribution in [0.5, 0.6) is 11.5 Å². The molecule has 0 fully saturated rings. The Balaban J connectivity index is 2.19. The molecule has 2 aromatic rings. The summed E-state index contributed by atoms with van der Waals surface area (Å²) in [6, 6.07) is 7.09. The van der Waals surface area contributed by atoms with Crippen LogP contribution in [0.1, 0.15) is 5.56 Å². The fraction of sp³-hybridized carbons (Fsp3) is 0.0833. The SMILES string of the molecule is N#Cc1c(-c2ccc3c(c2)OCO3)cn[nH]c1=O. The maximum atomic E-state index is 11.5. The molecule has 0 amide bonds. The van der Waals surface area contributed by atoms with Gasteiger partial charge in [0.15, 0.2) is 11.5 Å². The van der Waals surface area contributed by atoms with Gasteiger partial charge in [-0.2, -0.15) is 10.4 Å². The Labute approximate surface area is 101 Å². The first kappa shape index (κ1) is 10.4. The normalized spacial score (nSPS) is 12.2. The third kappa shape index (κ3) is 1.50. The highest BCUT2D eigenvalue weighted by atomic mass is 16.7. The van der Waals surface area contributed by atoms with Gasteiger partial charge in [0.05, 0.1) is 6.20 Å². The van der Waals surface area contributed by atoms with Gasteiger partial charge in [0.2, 0.25) is 6.79 Å². The zero-order chi connectivity index (χ0) is 12.5. The Morgan fingerprint density at radius 2 is 2.17 bits per heavy atom. The number of aromatic amines is 1. The molecule has 3 rings (SSSR count).